The van der Waals surface area contributed by atoms with E-state index in [9.17, 15) is 14.0 Å². The molecule has 25 heavy (non-hydrogen) atoms. The van der Waals surface area contributed by atoms with E-state index in [1.54, 1.807) is 24.3 Å². The van der Waals surface area contributed by atoms with Gasteiger partial charge >= 0.3 is 5.97 Å². The van der Waals surface area contributed by atoms with E-state index in [2.05, 4.69) is 11.4 Å². The molecule has 0 saturated heterocycles. The maximum atomic E-state index is 12.9. The molecule has 1 N–H and O–H groups in total. The smallest absolute Gasteiger partial charge is 0.328 e. The molecule has 0 aromatic heterocycles. The molecule has 0 saturated carbocycles. The second-order valence-corrected chi connectivity index (χ2v) is 5.42. The number of hydrogen-bond acceptors (Lipinski definition) is 4. The fourth-order valence-corrected chi connectivity index (χ4v) is 2.40. The van der Waals surface area contributed by atoms with Crippen molar-refractivity contribution in [3.8, 4) is 6.07 Å². The molecule has 0 heterocycles. The van der Waals surface area contributed by atoms with Gasteiger partial charge < -0.3 is 10.1 Å². The monoisotopic (exact) mass is 340 g/mol. The van der Waals surface area contributed by atoms with Crippen molar-refractivity contribution in [3.05, 3.63) is 71.0 Å². The van der Waals surface area contributed by atoms with Crippen LogP contribution >= 0.6 is 0 Å². The normalized spacial score (nSPS) is 11.2. The zero-order valence-electron chi connectivity index (χ0n) is 13.7. The van der Waals surface area contributed by atoms with Crippen LogP contribution in [0, 0.1) is 17.1 Å². The second-order valence-electron chi connectivity index (χ2n) is 5.42. The Bertz CT molecular complexity index is 797. The Balaban J connectivity index is 2.09. The molecule has 0 aliphatic carbocycles. The average molecular weight is 340 g/mol. The van der Waals surface area contributed by atoms with Crippen molar-refractivity contribution in [2.75, 3.05) is 7.11 Å². The molecule has 0 aliphatic heterocycles. The van der Waals surface area contributed by atoms with Crippen LogP contribution < -0.4 is 5.32 Å². The summed E-state index contributed by atoms with van der Waals surface area (Å²) in [6, 6.07) is 13.5. The lowest BCUT2D eigenvalue weighted by atomic mass is 10.0. The number of carbonyl (C=O) groups is 2. The zero-order chi connectivity index (χ0) is 18.2. The van der Waals surface area contributed by atoms with Crippen LogP contribution in [0.3, 0.4) is 0 Å². The van der Waals surface area contributed by atoms with Crippen LogP contribution in [0.15, 0.2) is 48.5 Å². The lowest BCUT2D eigenvalue weighted by Gasteiger charge is -2.17. The van der Waals surface area contributed by atoms with Gasteiger partial charge in [-0.3, -0.25) is 4.79 Å². The van der Waals surface area contributed by atoms with E-state index >= 15 is 0 Å². The van der Waals surface area contributed by atoms with E-state index in [4.69, 9.17) is 10.00 Å². The van der Waals surface area contributed by atoms with E-state index in [1.165, 1.54) is 31.4 Å². The number of esters is 1. The molecule has 5 nitrogen and oxygen atoms in total. The molecule has 2 rings (SSSR count). The molecule has 2 aromatic carbocycles. The van der Waals surface area contributed by atoms with Gasteiger partial charge in [0.25, 0.3) is 0 Å². The number of nitrogens with zero attached hydrogens (tertiary/aromatic N) is 1. The summed E-state index contributed by atoms with van der Waals surface area (Å²) >= 11 is 0. The van der Waals surface area contributed by atoms with Crippen LogP contribution in [0.25, 0.3) is 0 Å². The Morgan fingerprint density at radius 1 is 1.20 bits per heavy atom. The number of amides is 1. The summed E-state index contributed by atoms with van der Waals surface area (Å²) in [6.07, 6.45) is 0.152. The van der Waals surface area contributed by atoms with Crippen LogP contribution in [0.1, 0.15) is 16.7 Å². The number of carbonyl (C=O) groups excluding carboxylic acids is 2. The van der Waals surface area contributed by atoms with E-state index in [0.29, 0.717) is 16.7 Å². The van der Waals surface area contributed by atoms with Gasteiger partial charge in [-0.2, -0.15) is 5.26 Å². The van der Waals surface area contributed by atoms with E-state index in [1.807, 2.05) is 0 Å². The maximum absolute atomic E-state index is 12.9. The summed E-state index contributed by atoms with van der Waals surface area (Å²) in [5.41, 5.74) is 1.70. The van der Waals surface area contributed by atoms with E-state index < -0.39 is 17.9 Å². The summed E-state index contributed by atoms with van der Waals surface area (Å²) < 4.78 is 17.7. The van der Waals surface area contributed by atoms with Gasteiger partial charge in [0.15, 0.2) is 0 Å². The molecule has 2 aromatic rings. The van der Waals surface area contributed by atoms with Crippen LogP contribution in [0.4, 0.5) is 4.39 Å². The second kappa shape index (κ2) is 8.60. The highest BCUT2D eigenvalue weighted by molar-refractivity contribution is 5.85. The van der Waals surface area contributed by atoms with Crippen molar-refractivity contribution in [1.82, 2.24) is 5.32 Å². The van der Waals surface area contributed by atoms with Crippen molar-refractivity contribution >= 4 is 11.9 Å². The quantitative estimate of drug-likeness (QED) is 0.817. The van der Waals surface area contributed by atoms with Gasteiger partial charge in [0.05, 0.1) is 25.2 Å². The number of methoxy groups -OCH3 is 1. The predicted molar refractivity (Wildman–Crippen MR) is 88.9 cm³/mol. The van der Waals surface area contributed by atoms with Crippen LogP contribution in [-0.4, -0.2) is 25.0 Å². The molecule has 0 fully saturated rings. The Morgan fingerprint density at radius 3 is 2.52 bits per heavy atom. The molecule has 1 atom stereocenters. The first kappa shape index (κ1) is 18.1. The van der Waals surface area contributed by atoms with Crippen LogP contribution in [0.5, 0.6) is 0 Å². The standard InChI is InChI=1S/C19H17FN2O3/c1-25-19(24)17(11-14-4-2-3-5-15(14)12-21)22-18(23)10-13-6-8-16(20)9-7-13/h2-9,17H,10-11H2,1H3,(H,22,23)/t17-/m1/s1. The van der Waals surface area contributed by atoms with Crippen LogP contribution in [0.2, 0.25) is 0 Å². The minimum Gasteiger partial charge on any atom is -0.467 e. The minimum absolute atomic E-state index is 0.00761. The lowest BCUT2D eigenvalue weighted by molar-refractivity contribution is -0.145. The number of benzene rings is 2. The Hall–Kier alpha value is -3.20. The number of nitriles is 1. The summed E-state index contributed by atoms with van der Waals surface area (Å²) in [6.45, 7) is 0. The molecule has 0 unspecified atom stereocenters. The van der Waals surface area contributed by atoms with Crippen molar-refractivity contribution < 1.29 is 18.7 Å². The largest absolute Gasteiger partial charge is 0.467 e. The molecule has 0 radical (unpaired) electrons. The molecule has 1 amide bonds. The number of nitrogens with one attached hydrogen (secondary N) is 1. The highest BCUT2D eigenvalue weighted by Crippen LogP contribution is 2.11. The Kier molecular flexibility index (Phi) is 6.24. The van der Waals surface area contributed by atoms with Gasteiger partial charge in [0.1, 0.15) is 11.9 Å². The third-order valence-electron chi connectivity index (χ3n) is 3.66. The Morgan fingerprint density at radius 2 is 1.88 bits per heavy atom. The minimum atomic E-state index is -0.910. The molecule has 0 aliphatic rings. The fraction of sp³-hybridized carbons (Fsp3) is 0.211. The highest BCUT2D eigenvalue weighted by atomic mass is 19.1. The highest BCUT2D eigenvalue weighted by Gasteiger charge is 2.23. The zero-order valence-corrected chi connectivity index (χ0v) is 13.7. The van der Waals surface area contributed by atoms with E-state index in [-0.39, 0.29) is 18.7 Å². The maximum Gasteiger partial charge on any atom is 0.328 e. The van der Waals surface area contributed by atoms with Gasteiger partial charge in [-0.1, -0.05) is 30.3 Å². The summed E-state index contributed by atoms with van der Waals surface area (Å²) in [4.78, 5) is 24.2. The summed E-state index contributed by atoms with van der Waals surface area (Å²) in [5, 5.41) is 11.8. The SMILES string of the molecule is COC(=O)[C@@H](Cc1ccccc1C#N)NC(=O)Cc1ccc(F)cc1. The van der Waals surface area contributed by atoms with Crippen molar-refractivity contribution in [3.63, 3.8) is 0 Å². The summed E-state index contributed by atoms with van der Waals surface area (Å²) in [7, 11) is 1.23. The fourth-order valence-electron chi connectivity index (χ4n) is 2.40. The number of ether oxygens (including phenoxy) is 1. The molecule has 128 valence electrons. The Labute approximate surface area is 145 Å². The topological polar surface area (TPSA) is 79.2 Å². The number of hydrogen-bond donors (Lipinski definition) is 1. The molecule has 0 spiro atoms. The predicted octanol–water partition coefficient (Wildman–Crippen LogP) is 2.14. The lowest BCUT2D eigenvalue weighted by Crippen LogP contribution is -2.43. The van der Waals surface area contributed by atoms with Gasteiger partial charge in [-0.15, -0.1) is 0 Å². The van der Waals surface area contributed by atoms with Crippen molar-refractivity contribution in [2.24, 2.45) is 0 Å². The molecule has 6 heteroatoms. The average Bonchev–Trinajstić information content (AvgIpc) is 2.62. The number of rotatable bonds is 6. The van der Waals surface area contributed by atoms with Gasteiger partial charge in [-0.05, 0) is 29.3 Å². The number of halogens is 1. The first-order valence-corrected chi connectivity index (χ1v) is 7.63. The first-order chi connectivity index (χ1) is 12.0. The van der Waals surface area contributed by atoms with Gasteiger partial charge in [-0.25, -0.2) is 9.18 Å². The molecular weight excluding hydrogens is 323 g/mol. The van der Waals surface area contributed by atoms with Crippen molar-refractivity contribution in [1.29, 1.82) is 5.26 Å². The van der Waals surface area contributed by atoms with Crippen LogP contribution in [-0.2, 0) is 27.2 Å². The van der Waals surface area contributed by atoms with Gasteiger partial charge in [0, 0.05) is 6.42 Å². The molecule has 0 bridgehead atoms. The third-order valence-corrected chi connectivity index (χ3v) is 3.66. The summed E-state index contributed by atoms with van der Waals surface area (Å²) in [5.74, 6) is -1.37. The third kappa shape index (κ3) is 5.15. The molecular formula is C19H17FN2O3. The first-order valence-electron chi connectivity index (χ1n) is 7.63. The van der Waals surface area contributed by atoms with Crippen molar-refractivity contribution in [2.45, 2.75) is 18.9 Å². The van der Waals surface area contributed by atoms with Gasteiger partial charge in [0.2, 0.25) is 5.91 Å². The van der Waals surface area contributed by atoms with E-state index in [0.717, 1.165) is 0 Å².